The van der Waals surface area contributed by atoms with Gasteiger partial charge in [0.2, 0.25) is 5.82 Å². The second-order valence-electron chi connectivity index (χ2n) is 5.60. The van der Waals surface area contributed by atoms with Crippen molar-refractivity contribution >= 4 is 11.5 Å². The molecule has 6 heteroatoms. The first-order valence-electron chi connectivity index (χ1n) is 7.57. The molecule has 0 bridgehead atoms. The van der Waals surface area contributed by atoms with E-state index in [0.717, 1.165) is 18.9 Å². The predicted octanol–water partition coefficient (Wildman–Crippen LogP) is 3.27. The molecule has 2 rings (SSSR count). The van der Waals surface area contributed by atoms with Gasteiger partial charge in [-0.25, -0.2) is 4.68 Å². The molecule has 1 fully saturated rings. The van der Waals surface area contributed by atoms with E-state index in [4.69, 9.17) is 0 Å². The van der Waals surface area contributed by atoms with Crippen molar-refractivity contribution in [2.45, 2.75) is 51.9 Å². The van der Waals surface area contributed by atoms with Crippen molar-refractivity contribution in [1.82, 2.24) is 9.78 Å². The van der Waals surface area contributed by atoms with Gasteiger partial charge in [-0.3, -0.25) is 10.1 Å². The Balaban J connectivity index is 1.97. The van der Waals surface area contributed by atoms with E-state index in [1.165, 1.54) is 32.1 Å². The van der Waals surface area contributed by atoms with Gasteiger partial charge in [0.1, 0.15) is 5.69 Å². The van der Waals surface area contributed by atoms with Crippen molar-refractivity contribution < 1.29 is 4.92 Å². The van der Waals surface area contributed by atoms with Gasteiger partial charge < -0.3 is 5.32 Å². The third-order valence-corrected chi connectivity index (χ3v) is 4.18. The quantitative estimate of drug-likeness (QED) is 0.641. The van der Waals surface area contributed by atoms with Gasteiger partial charge >= 0.3 is 5.69 Å². The molecule has 112 valence electrons. The highest BCUT2D eigenvalue weighted by molar-refractivity contribution is 5.59. The summed E-state index contributed by atoms with van der Waals surface area (Å²) in [6.07, 6.45) is 8.28. The lowest BCUT2D eigenvalue weighted by Gasteiger charge is -2.21. The molecule has 1 N–H and O–H groups in total. The van der Waals surface area contributed by atoms with Gasteiger partial charge in [0.25, 0.3) is 0 Å². The van der Waals surface area contributed by atoms with Crippen LogP contribution in [0, 0.1) is 16.0 Å². The van der Waals surface area contributed by atoms with Crippen LogP contribution in [-0.2, 0) is 13.5 Å². The first kappa shape index (κ1) is 14.8. The summed E-state index contributed by atoms with van der Waals surface area (Å²) < 4.78 is 1.60. The molecule has 1 aliphatic carbocycles. The monoisotopic (exact) mass is 280 g/mol. The van der Waals surface area contributed by atoms with E-state index in [2.05, 4.69) is 10.4 Å². The molecule has 0 amide bonds. The predicted molar refractivity (Wildman–Crippen MR) is 78.9 cm³/mol. The maximum atomic E-state index is 11.2. The summed E-state index contributed by atoms with van der Waals surface area (Å²) in [7, 11) is 1.76. The number of hydrogen-bond acceptors (Lipinski definition) is 4. The van der Waals surface area contributed by atoms with E-state index in [-0.39, 0.29) is 10.6 Å². The van der Waals surface area contributed by atoms with Crippen molar-refractivity contribution in [3.63, 3.8) is 0 Å². The van der Waals surface area contributed by atoms with Crippen molar-refractivity contribution in [3.8, 4) is 0 Å². The summed E-state index contributed by atoms with van der Waals surface area (Å²) in [5.74, 6) is 1.32. The van der Waals surface area contributed by atoms with Gasteiger partial charge in [-0.15, -0.1) is 0 Å². The number of hydrogen-bond donors (Lipinski definition) is 1. The summed E-state index contributed by atoms with van der Waals surface area (Å²) in [5, 5.41) is 18.6. The molecule has 6 nitrogen and oxygen atoms in total. The van der Waals surface area contributed by atoms with Gasteiger partial charge in [-0.2, -0.15) is 5.10 Å². The molecule has 0 spiro atoms. The third-order valence-electron chi connectivity index (χ3n) is 4.18. The Labute approximate surface area is 119 Å². The molecule has 0 aromatic carbocycles. The molecule has 1 aromatic heterocycles. The normalized spacial score (nSPS) is 16.3. The second kappa shape index (κ2) is 6.72. The highest BCUT2D eigenvalue weighted by Gasteiger charge is 2.25. The number of nitro groups is 1. The van der Waals surface area contributed by atoms with E-state index in [9.17, 15) is 10.1 Å². The molecule has 0 aliphatic heterocycles. The van der Waals surface area contributed by atoms with Crippen LogP contribution in [0.3, 0.4) is 0 Å². The molecule has 1 aliphatic rings. The minimum absolute atomic E-state index is 0.138. The zero-order valence-corrected chi connectivity index (χ0v) is 12.4. The fraction of sp³-hybridized carbons (Fsp3) is 0.786. The van der Waals surface area contributed by atoms with E-state index in [1.54, 1.807) is 11.7 Å². The van der Waals surface area contributed by atoms with E-state index in [1.807, 2.05) is 6.92 Å². The lowest BCUT2D eigenvalue weighted by atomic mass is 9.87. The molecule has 0 unspecified atom stereocenters. The summed E-state index contributed by atoms with van der Waals surface area (Å²) in [4.78, 5) is 10.9. The first-order chi connectivity index (χ1) is 9.63. The Kier molecular flexibility index (Phi) is 4.98. The van der Waals surface area contributed by atoms with Gasteiger partial charge in [-0.05, 0) is 18.8 Å². The van der Waals surface area contributed by atoms with E-state index in [0.29, 0.717) is 17.9 Å². The molecule has 0 atom stereocenters. The van der Waals surface area contributed by atoms with E-state index < -0.39 is 0 Å². The van der Waals surface area contributed by atoms with Crippen LogP contribution in [0.5, 0.6) is 0 Å². The number of nitrogens with one attached hydrogen (secondary N) is 1. The molecule has 1 aromatic rings. The largest absolute Gasteiger partial charge is 0.365 e. The molecule has 0 saturated heterocycles. The van der Waals surface area contributed by atoms with Crippen LogP contribution < -0.4 is 5.32 Å². The van der Waals surface area contributed by atoms with Crippen LogP contribution in [0.4, 0.5) is 11.5 Å². The zero-order chi connectivity index (χ0) is 14.5. The molecule has 0 radical (unpaired) electrons. The van der Waals surface area contributed by atoms with E-state index >= 15 is 0 Å². The van der Waals surface area contributed by atoms with Crippen molar-refractivity contribution in [3.05, 3.63) is 15.8 Å². The van der Waals surface area contributed by atoms with Gasteiger partial charge in [0.15, 0.2) is 0 Å². The molecule has 1 saturated carbocycles. The minimum atomic E-state index is -0.325. The summed E-state index contributed by atoms with van der Waals surface area (Å²) in [6, 6.07) is 0. The van der Waals surface area contributed by atoms with Gasteiger partial charge in [0.05, 0.1) is 4.92 Å². The topological polar surface area (TPSA) is 73.0 Å². The average molecular weight is 280 g/mol. The van der Waals surface area contributed by atoms with Crippen LogP contribution in [0.1, 0.15) is 51.1 Å². The number of anilines is 1. The van der Waals surface area contributed by atoms with Gasteiger partial charge in [0, 0.05) is 13.6 Å². The fourth-order valence-corrected chi connectivity index (χ4v) is 3.07. The number of aryl methyl sites for hydroxylation is 2. The van der Waals surface area contributed by atoms with Crippen LogP contribution in [0.2, 0.25) is 0 Å². The Hall–Kier alpha value is -1.59. The highest BCUT2D eigenvalue weighted by atomic mass is 16.6. The van der Waals surface area contributed by atoms with Crippen LogP contribution >= 0.6 is 0 Å². The van der Waals surface area contributed by atoms with Crippen LogP contribution in [0.25, 0.3) is 0 Å². The minimum Gasteiger partial charge on any atom is -0.365 e. The summed E-state index contributed by atoms with van der Waals surface area (Å²) in [5.41, 5.74) is 0.691. The van der Waals surface area contributed by atoms with Crippen molar-refractivity contribution in [1.29, 1.82) is 0 Å². The Bertz CT molecular complexity index is 464. The van der Waals surface area contributed by atoms with Crippen LogP contribution in [-0.4, -0.2) is 21.2 Å². The molecule has 1 heterocycles. The Morgan fingerprint density at radius 1 is 1.40 bits per heavy atom. The maximum absolute atomic E-state index is 11.2. The smallest absolute Gasteiger partial charge is 0.333 e. The molecular formula is C14H24N4O2. The standard InChI is InChI=1S/C14H24N4O2/c1-3-12-13(18(19)20)14(17(2)16-12)15-10-9-11-7-5-4-6-8-11/h11,15H,3-10H2,1-2H3. The number of rotatable bonds is 6. The Morgan fingerprint density at radius 3 is 2.70 bits per heavy atom. The summed E-state index contributed by atoms with van der Waals surface area (Å²) >= 11 is 0. The SMILES string of the molecule is CCc1nn(C)c(NCCC2CCCCC2)c1[N+](=O)[O-]. The maximum Gasteiger partial charge on any atom is 0.333 e. The molecular weight excluding hydrogens is 256 g/mol. The number of aromatic nitrogens is 2. The first-order valence-corrected chi connectivity index (χ1v) is 7.57. The fourth-order valence-electron chi connectivity index (χ4n) is 3.07. The average Bonchev–Trinajstić information content (AvgIpc) is 2.77. The zero-order valence-electron chi connectivity index (χ0n) is 12.4. The van der Waals surface area contributed by atoms with Crippen molar-refractivity contribution in [2.24, 2.45) is 13.0 Å². The summed E-state index contributed by atoms with van der Waals surface area (Å²) in [6.45, 7) is 2.68. The third kappa shape index (κ3) is 3.29. The lowest BCUT2D eigenvalue weighted by Crippen LogP contribution is -2.14. The Morgan fingerprint density at radius 2 is 2.10 bits per heavy atom. The molecule has 20 heavy (non-hydrogen) atoms. The van der Waals surface area contributed by atoms with Crippen molar-refractivity contribution in [2.75, 3.05) is 11.9 Å². The lowest BCUT2D eigenvalue weighted by molar-refractivity contribution is -0.384. The highest BCUT2D eigenvalue weighted by Crippen LogP contribution is 2.30. The second-order valence-corrected chi connectivity index (χ2v) is 5.60. The van der Waals surface area contributed by atoms with Gasteiger partial charge in [-0.1, -0.05) is 39.0 Å². The number of nitrogens with zero attached hydrogens (tertiary/aromatic N) is 3. The van der Waals surface area contributed by atoms with Crippen LogP contribution in [0.15, 0.2) is 0 Å².